The lowest BCUT2D eigenvalue weighted by molar-refractivity contribution is 0.174. The van der Waals surface area contributed by atoms with E-state index in [9.17, 15) is 0 Å². The molecule has 0 bridgehead atoms. The van der Waals surface area contributed by atoms with Crippen molar-refractivity contribution >= 4 is 44.7 Å². The number of fused-ring (bicyclic) bond motifs is 2. The molecule has 0 atom stereocenters. The quantitative estimate of drug-likeness (QED) is 0.617. The molecule has 0 unspecified atom stereocenters. The van der Waals surface area contributed by atoms with Crippen LogP contribution in [-0.2, 0) is 6.54 Å². The van der Waals surface area contributed by atoms with Crippen molar-refractivity contribution in [2.45, 2.75) is 29.4 Å². The first-order valence-corrected chi connectivity index (χ1v) is 10.8. The van der Waals surface area contributed by atoms with Gasteiger partial charge in [0.2, 0.25) is 6.79 Å². The molecule has 0 amide bonds. The molecule has 1 fully saturated rings. The maximum Gasteiger partial charge on any atom is 0.231 e. The summed E-state index contributed by atoms with van der Waals surface area (Å²) in [6, 6.07) is 3.90. The first-order valence-electron chi connectivity index (χ1n) is 9.15. The normalized spacial score (nSPS) is 16.3. The summed E-state index contributed by atoms with van der Waals surface area (Å²) in [6.45, 7) is 4.32. The van der Waals surface area contributed by atoms with E-state index in [4.69, 9.17) is 20.2 Å². The molecule has 0 radical (unpaired) electrons. The maximum atomic E-state index is 6.06. The van der Waals surface area contributed by atoms with Gasteiger partial charge in [-0.1, -0.05) is 11.8 Å². The smallest absolute Gasteiger partial charge is 0.231 e. The predicted octanol–water partition coefficient (Wildman–Crippen LogP) is 3.15. The van der Waals surface area contributed by atoms with Crippen molar-refractivity contribution in [3.63, 3.8) is 0 Å². The lowest BCUT2D eigenvalue weighted by Gasteiger charge is -2.16. The number of rotatable bonds is 5. The van der Waals surface area contributed by atoms with Gasteiger partial charge in [0, 0.05) is 22.5 Å². The molecule has 0 aliphatic carbocycles. The van der Waals surface area contributed by atoms with Gasteiger partial charge in [-0.2, -0.15) is 0 Å². The minimum atomic E-state index is 0.246. The first kappa shape index (κ1) is 18.0. The summed E-state index contributed by atoms with van der Waals surface area (Å²) in [7, 11) is 0. The topological polar surface area (TPSA) is 91.3 Å². The van der Waals surface area contributed by atoms with Crippen molar-refractivity contribution in [2.75, 3.05) is 32.2 Å². The largest absolute Gasteiger partial charge is 0.454 e. The van der Waals surface area contributed by atoms with Crippen LogP contribution in [0.1, 0.15) is 12.8 Å². The highest BCUT2D eigenvalue weighted by Crippen LogP contribution is 2.43. The van der Waals surface area contributed by atoms with Crippen molar-refractivity contribution < 1.29 is 9.47 Å². The number of nitrogen functional groups attached to an aromatic ring is 1. The predicted molar refractivity (Wildman–Crippen MR) is 110 cm³/mol. The number of hydrogen-bond acceptors (Lipinski definition) is 8. The van der Waals surface area contributed by atoms with Gasteiger partial charge in [-0.3, -0.25) is 0 Å². The second kappa shape index (κ2) is 7.41. The fraction of sp³-hybridized carbons (Fsp3) is 0.389. The maximum absolute atomic E-state index is 6.06. The number of likely N-dealkylation sites (tertiary alicyclic amines) is 1. The summed E-state index contributed by atoms with van der Waals surface area (Å²) in [6.07, 6.45) is 4.04. The molecule has 10 heteroatoms. The molecule has 1 aromatic carbocycles. The molecule has 28 heavy (non-hydrogen) atoms. The average Bonchev–Trinajstić information content (AvgIpc) is 3.41. The highest BCUT2D eigenvalue weighted by atomic mass is 79.9. The van der Waals surface area contributed by atoms with Crippen LogP contribution in [-0.4, -0.2) is 50.8 Å². The third-order valence-corrected chi connectivity index (χ3v) is 6.96. The molecule has 2 aliphatic rings. The van der Waals surface area contributed by atoms with Crippen molar-refractivity contribution in [1.82, 2.24) is 24.4 Å². The summed E-state index contributed by atoms with van der Waals surface area (Å²) in [5.41, 5.74) is 7.47. The lowest BCUT2D eigenvalue weighted by atomic mass is 10.3. The Kier molecular flexibility index (Phi) is 4.77. The Morgan fingerprint density at radius 1 is 1.11 bits per heavy atom. The zero-order valence-electron chi connectivity index (χ0n) is 15.1. The van der Waals surface area contributed by atoms with E-state index in [1.807, 2.05) is 12.1 Å². The van der Waals surface area contributed by atoms with Crippen LogP contribution < -0.4 is 15.2 Å². The summed E-state index contributed by atoms with van der Waals surface area (Å²) >= 11 is 5.18. The fourth-order valence-electron chi connectivity index (χ4n) is 3.54. The monoisotopic (exact) mass is 462 g/mol. The summed E-state index contributed by atoms with van der Waals surface area (Å²) < 4.78 is 14.0. The molecule has 2 aromatic heterocycles. The van der Waals surface area contributed by atoms with Crippen LogP contribution >= 0.6 is 27.7 Å². The standard InChI is InChI=1S/C18H19BrN6O2S/c19-11-7-12-13(27-10-26-12)8-14(11)28-18-23-15-16(20)21-9-22-17(15)25(18)6-5-24-3-1-2-4-24/h7-9H,1-6,10H2,(H2,20,21,22). The van der Waals surface area contributed by atoms with Gasteiger partial charge in [-0.05, 0) is 54.0 Å². The average molecular weight is 463 g/mol. The number of anilines is 1. The number of benzene rings is 1. The summed E-state index contributed by atoms with van der Waals surface area (Å²) in [4.78, 5) is 16.8. The van der Waals surface area contributed by atoms with Gasteiger partial charge in [-0.15, -0.1) is 0 Å². The van der Waals surface area contributed by atoms with Crippen LogP contribution in [0, 0.1) is 0 Å². The molecule has 146 valence electrons. The Morgan fingerprint density at radius 2 is 1.89 bits per heavy atom. The van der Waals surface area contributed by atoms with Gasteiger partial charge in [0.15, 0.2) is 33.6 Å². The zero-order chi connectivity index (χ0) is 19.1. The third-order valence-electron chi connectivity index (χ3n) is 4.99. The Bertz CT molecular complexity index is 1040. The van der Waals surface area contributed by atoms with E-state index in [1.54, 1.807) is 11.8 Å². The van der Waals surface area contributed by atoms with E-state index in [-0.39, 0.29) is 6.79 Å². The molecule has 4 heterocycles. The van der Waals surface area contributed by atoms with Crippen molar-refractivity contribution in [3.05, 3.63) is 22.9 Å². The number of aromatic nitrogens is 4. The zero-order valence-corrected chi connectivity index (χ0v) is 17.5. The molecular weight excluding hydrogens is 444 g/mol. The molecule has 1 saturated heterocycles. The summed E-state index contributed by atoms with van der Waals surface area (Å²) in [5.74, 6) is 1.88. The number of nitrogens with two attached hydrogens (primary N) is 1. The van der Waals surface area contributed by atoms with E-state index < -0.39 is 0 Å². The highest BCUT2D eigenvalue weighted by Gasteiger charge is 2.21. The third kappa shape index (κ3) is 3.29. The number of hydrogen-bond donors (Lipinski definition) is 1. The van der Waals surface area contributed by atoms with Gasteiger partial charge >= 0.3 is 0 Å². The first-order chi connectivity index (χ1) is 13.7. The summed E-state index contributed by atoms with van der Waals surface area (Å²) in [5, 5.41) is 0.834. The van der Waals surface area contributed by atoms with Crippen LogP contribution in [0.3, 0.4) is 0 Å². The van der Waals surface area contributed by atoms with Gasteiger partial charge in [-0.25, -0.2) is 15.0 Å². The van der Waals surface area contributed by atoms with E-state index in [2.05, 4.69) is 35.4 Å². The molecule has 5 rings (SSSR count). The van der Waals surface area contributed by atoms with Crippen molar-refractivity contribution in [2.24, 2.45) is 0 Å². The number of nitrogens with zero attached hydrogens (tertiary/aromatic N) is 5. The highest BCUT2D eigenvalue weighted by molar-refractivity contribution is 9.10. The van der Waals surface area contributed by atoms with Crippen molar-refractivity contribution in [3.8, 4) is 11.5 Å². The lowest BCUT2D eigenvalue weighted by Crippen LogP contribution is -2.24. The molecule has 2 N–H and O–H groups in total. The van der Waals surface area contributed by atoms with Gasteiger partial charge in [0.1, 0.15) is 6.33 Å². The number of imidazole rings is 1. The van der Waals surface area contributed by atoms with Crippen LogP contribution in [0.25, 0.3) is 11.2 Å². The number of ether oxygens (including phenoxy) is 2. The second-order valence-electron chi connectivity index (χ2n) is 6.76. The molecule has 3 aromatic rings. The molecule has 0 spiro atoms. The molecular formula is C18H19BrN6O2S. The van der Waals surface area contributed by atoms with E-state index >= 15 is 0 Å². The van der Waals surface area contributed by atoms with Crippen molar-refractivity contribution in [1.29, 1.82) is 0 Å². The van der Waals surface area contributed by atoms with E-state index in [1.165, 1.54) is 19.2 Å². The Labute approximate surface area is 174 Å². The van der Waals surface area contributed by atoms with Crippen LogP contribution in [0.4, 0.5) is 5.82 Å². The fourth-order valence-corrected chi connectivity index (χ4v) is 5.05. The van der Waals surface area contributed by atoms with Gasteiger partial charge in [0.25, 0.3) is 0 Å². The SMILES string of the molecule is Nc1ncnc2c1nc(Sc1cc3c(cc1Br)OCO3)n2CCN1CCCC1. The van der Waals surface area contributed by atoms with Crippen LogP contribution in [0.5, 0.6) is 11.5 Å². The van der Waals surface area contributed by atoms with E-state index in [0.717, 1.165) is 57.8 Å². The second-order valence-corrected chi connectivity index (χ2v) is 8.63. The Hall–Kier alpha value is -2.04. The van der Waals surface area contributed by atoms with Gasteiger partial charge < -0.3 is 24.7 Å². The number of halogens is 1. The molecule has 8 nitrogen and oxygen atoms in total. The molecule has 2 aliphatic heterocycles. The molecule has 0 saturated carbocycles. The Balaban J connectivity index is 1.51. The van der Waals surface area contributed by atoms with Crippen LogP contribution in [0.15, 0.2) is 33.0 Å². The van der Waals surface area contributed by atoms with E-state index in [0.29, 0.717) is 11.3 Å². The minimum absolute atomic E-state index is 0.246. The van der Waals surface area contributed by atoms with Gasteiger partial charge in [0.05, 0.1) is 0 Å². The Morgan fingerprint density at radius 3 is 2.71 bits per heavy atom. The minimum Gasteiger partial charge on any atom is -0.454 e. The van der Waals surface area contributed by atoms with Crippen LogP contribution in [0.2, 0.25) is 0 Å².